The van der Waals surface area contributed by atoms with Gasteiger partial charge in [-0.15, -0.1) is 11.3 Å². The number of aromatic carboxylic acids is 1. The summed E-state index contributed by atoms with van der Waals surface area (Å²) in [5.41, 5.74) is 0.491. The Labute approximate surface area is 121 Å². The largest absolute Gasteiger partial charge is 0.477 e. The van der Waals surface area contributed by atoms with E-state index >= 15 is 0 Å². The molecule has 1 aromatic rings. The number of nitrogens with zero attached hydrogens (tertiary/aromatic N) is 1. The molecule has 0 aliphatic heterocycles. The minimum Gasteiger partial charge on any atom is -0.477 e. The fourth-order valence-electron chi connectivity index (χ4n) is 2.22. The van der Waals surface area contributed by atoms with Crippen LogP contribution in [-0.4, -0.2) is 28.1 Å². The number of thiazole rings is 1. The van der Waals surface area contributed by atoms with Crippen molar-refractivity contribution in [1.29, 1.82) is 0 Å². The third-order valence-corrected chi connectivity index (χ3v) is 4.48. The summed E-state index contributed by atoms with van der Waals surface area (Å²) in [6.07, 6.45) is 3.35. The minimum absolute atomic E-state index is 0.210. The monoisotopic (exact) mass is 297 g/mol. The number of carbonyl (C=O) groups excluding carboxylic acids is 1. The number of hydrogen-bond donors (Lipinski definition) is 3. The SMILES string of the molecule is CCCC1CC1NC(=O)NCc1nc(C)c(C(=O)O)s1. The highest BCUT2D eigenvalue weighted by Crippen LogP contribution is 2.34. The highest BCUT2D eigenvalue weighted by Gasteiger charge is 2.37. The molecule has 0 saturated heterocycles. The molecule has 0 aromatic carbocycles. The summed E-state index contributed by atoms with van der Waals surface area (Å²) < 4.78 is 0. The molecule has 2 unspecified atom stereocenters. The van der Waals surface area contributed by atoms with E-state index in [0.717, 1.165) is 30.6 Å². The lowest BCUT2D eigenvalue weighted by Crippen LogP contribution is -2.37. The second kappa shape index (κ2) is 6.21. The van der Waals surface area contributed by atoms with E-state index in [1.54, 1.807) is 6.92 Å². The zero-order valence-corrected chi connectivity index (χ0v) is 12.4. The molecule has 6 nitrogen and oxygen atoms in total. The minimum atomic E-state index is -0.976. The van der Waals surface area contributed by atoms with E-state index in [1.165, 1.54) is 0 Å². The smallest absolute Gasteiger partial charge is 0.347 e. The van der Waals surface area contributed by atoms with Crippen LogP contribution in [-0.2, 0) is 6.54 Å². The number of aromatic nitrogens is 1. The van der Waals surface area contributed by atoms with Crippen molar-refractivity contribution in [3.63, 3.8) is 0 Å². The van der Waals surface area contributed by atoms with E-state index in [0.29, 0.717) is 22.7 Å². The first-order chi connectivity index (χ1) is 9.51. The van der Waals surface area contributed by atoms with Gasteiger partial charge in [0, 0.05) is 6.04 Å². The van der Waals surface area contributed by atoms with Gasteiger partial charge in [0.25, 0.3) is 0 Å². The van der Waals surface area contributed by atoms with E-state index in [2.05, 4.69) is 22.5 Å². The standard InChI is InChI=1S/C13H19N3O3S/c1-3-4-8-5-9(8)16-13(19)14-6-10-15-7(2)11(20-10)12(17)18/h8-9H,3-6H2,1-2H3,(H,17,18)(H2,14,16,19). The molecule has 1 heterocycles. The summed E-state index contributed by atoms with van der Waals surface area (Å²) in [5, 5.41) is 15.2. The van der Waals surface area contributed by atoms with Gasteiger partial charge >= 0.3 is 12.0 Å². The summed E-state index contributed by atoms with van der Waals surface area (Å²) >= 11 is 1.10. The van der Waals surface area contributed by atoms with Crippen LogP contribution in [0.3, 0.4) is 0 Å². The molecule has 2 rings (SSSR count). The lowest BCUT2D eigenvalue weighted by atomic mass is 10.2. The van der Waals surface area contributed by atoms with Crippen LogP contribution >= 0.6 is 11.3 Å². The van der Waals surface area contributed by atoms with Crippen LogP contribution in [0.1, 0.15) is 46.6 Å². The van der Waals surface area contributed by atoms with E-state index < -0.39 is 5.97 Å². The van der Waals surface area contributed by atoms with Crippen molar-refractivity contribution in [2.75, 3.05) is 0 Å². The van der Waals surface area contributed by atoms with Crippen molar-refractivity contribution in [2.24, 2.45) is 5.92 Å². The van der Waals surface area contributed by atoms with Crippen LogP contribution in [0, 0.1) is 12.8 Å². The van der Waals surface area contributed by atoms with E-state index in [1.807, 2.05) is 0 Å². The van der Waals surface area contributed by atoms with Gasteiger partial charge in [0.1, 0.15) is 9.88 Å². The van der Waals surface area contributed by atoms with Gasteiger partial charge in [0.2, 0.25) is 0 Å². The maximum absolute atomic E-state index is 11.7. The molecule has 1 saturated carbocycles. The summed E-state index contributed by atoms with van der Waals surface area (Å²) in [5.74, 6) is -0.359. The first-order valence-electron chi connectivity index (χ1n) is 6.75. The third kappa shape index (κ3) is 3.69. The number of amides is 2. The van der Waals surface area contributed by atoms with Gasteiger partial charge in [-0.05, 0) is 25.7 Å². The molecule has 0 bridgehead atoms. The fourth-order valence-corrected chi connectivity index (χ4v) is 3.06. The molecule has 7 heteroatoms. The van der Waals surface area contributed by atoms with Gasteiger partial charge in [0.15, 0.2) is 0 Å². The van der Waals surface area contributed by atoms with Crippen molar-refractivity contribution in [3.8, 4) is 0 Å². The predicted molar refractivity (Wildman–Crippen MR) is 76.0 cm³/mol. The third-order valence-electron chi connectivity index (χ3n) is 3.33. The van der Waals surface area contributed by atoms with Crippen LogP contribution in [0.25, 0.3) is 0 Å². The molecule has 1 aromatic heterocycles. The number of nitrogens with one attached hydrogen (secondary N) is 2. The van der Waals surface area contributed by atoms with Crippen LogP contribution in [0.5, 0.6) is 0 Å². The molecule has 3 N–H and O–H groups in total. The maximum Gasteiger partial charge on any atom is 0.347 e. The molecule has 1 aliphatic carbocycles. The average Bonchev–Trinajstić information content (AvgIpc) is 2.97. The van der Waals surface area contributed by atoms with E-state index in [4.69, 9.17) is 5.11 Å². The van der Waals surface area contributed by atoms with Gasteiger partial charge in [-0.1, -0.05) is 13.3 Å². The van der Waals surface area contributed by atoms with Crippen LogP contribution in [0.2, 0.25) is 0 Å². The number of hydrogen-bond acceptors (Lipinski definition) is 4. The summed E-state index contributed by atoms with van der Waals surface area (Å²) in [4.78, 5) is 26.9. The number of carboxylic acids is 1. The lowest BCUT2D eigenvalue weighted by molar-refractivity contribution is 0.0701. The van der Waals surface area contributed by atoms with Gasteiger partial charge < -0.3 is 15.7 Å². The van der Waals surface area contributed by atoms with Crippen LogP contribution < -0.4 is 10.6 Å². The average molecular weight is 297 g/mol. The molecule has 2 amide bonds. The van der Waals surface area contributed by atoms with Crippen molar-refractivity contribution in [3.05, 3.63) is 15.6 Å². The number of aryl methyl sites for hydroxylation is 1. The Morgan fingerprint density at radius 3 is 2.85 bits per heavy atom. The Morgan fingerprint density at radius 1 is 1.50 bits per heavy atom. The number of urea groups is 1. The molecule has 2 atom stereocenters. The van der Waals surface area contributed by atoms with Gasteiger partial charge in [-0.25, -0.2) is 14.6 Å². The van der Waals surface area contributed by atoms with E-state index in [9.17, 15) is 9.59 Å². The van der Waals surface area contributed by atoms with Crippen molar-refractivity contribution >= 4 is 23.3 Å². The first kappa shape index (κ1) is 14.8. The van der Waals surface area contributed by atoms with E-state index in [-0.39, 0.29) is 17.5 Å². The fraction of sp³-hybridized carbons (Fsp3) is 0.615. The molecular formula is C13H19N3O3S. The molecule has 20 heavy (non-hydrogen) atoms. The van der Waals surface area contributed by atoms with Crippen molar-refractivity contribution < 1.29 is 14.7 Å². The molecular weight excluding hydrogens is 278 g/mol. The van der Waals surface area contributed by atoms with Crippen molar-refractivity contribution in [1.82, 2.24) is 15.6 Å². The highest BCUT2D eigenvalue weighted by atomic mass is 32.1. The maximum atomic E-state index is 11.7. The quantitative estimate of drug-likeness (QED) is 0.750. The Bertz CT molecular complexity index is 515. The lowest BCUT2D eigenvalue weighted by Gasteiger charge is -2.05. The Morgan fingerprint density at radius 2 is 2.25 bits per heavy atom. The summed E-state index contributed by atoms with van der Waals surface area (Å²) in [6.45, 7) is 4.05. The molecule has 110 valence electrons. The predicted octanol–water partition coefficient (Wildman–Crippen LogP) is 2.14. The molecule has 0 radical (unpaired) electrons. The topological polar surface area (TPSA) is 91.3 Å². The Balaban J connectivity index is 1.76. The van der Waals surface area contributed by atoms with Crippen LogP contribution in [0.4, 0.5) is 4.79 Å². The number of carboxylic acid groups (broad SMARTS) is 1. The number of carbonyl (C=O) groups is 2. The summed E-state index contributed by atoms with van der Waals surface area (Å²) in [7, 11) is 0. The Hall–Kier alpha value is -1.63. The molecule has 1 fully saturated rings. The zero-order chi connectivity index (χ0) is 14.7. The second-order valence-electron chi connectivity index (χ2n) is 5.05. The molecule has 1 aliphatic rings. The van der Waals surface area contributed by atoms with Gasteiger partial charge in [-0.2, -0.15) is 0 Å². The number of rotatable bonds is 6. The Kier molecular flexibility index (Phi) is 4.59. The molecule has 0 spiro atoms. The van der Waals surface area contributed by atoms with Gasteiger partial charge in [-0.3, -0.25) is 0 Å². The first-order valence-corrected chi connectivity index (χ1v) is 7.56. The normalized spacial score (nSPS) is 20.5. The zero-order valence-electron chi connectivity index (χ0n) is 11.6. The second-order valence-corrected chi connectivity index (χ2v) is 6.13. The van der Waals surface area contributed by atoms with Gasteiger partial charge in [0.05, 0.1) is 12.2 Å². The summed E-state index contributed by atoms with van der Waals surface area (Å²) in [6, 6.07) is 0.0842. The van der Waals surface area contributed by atoms with Crippen molar-refractivity contribution in [2.45, 2.75) is 45.7 Å². The highest BCUT2D eigenvalue weighted by molar-refractivity contribution is 7.13. The van der Waals surface area contributed by atoms with Crippen LogP contribution in [0.15, 0.2) is 0 Å².